The first-order valence-electron chi connectivity index (χ1n) is 6.81. The largest absolute Gasteiger partial charge is 0.325 e. The first kappa shape index (κ1) is 15.5. The van der Waals surface area contributed by atoms with Crippen molar-refractivity contribution in [3.8, 4) is 0 Å². The topological polar surface area (TPSA) is 59.0 Å². The van der Waals surface area contributed by atoms with Crippen LogP contribution < -0.4 is 10.6 Å². The van der Waals surface area contributed by atoms with Crippen LogP contribution in [-0.2, 0) is 11.3 Å². The zero-order valence-corrected chi connectivity index (χ0v) is 12.9. The summed E-state index contributed by atoms with van der Waals surface area (Å²) in [5.74, 6) is -0.0901. The summed E-state index contributed by atoms with van der Waals surface area (Å²) in [5, 5.41) is 10.8. The number of nitrogens with one attached hydrogen (secondary N) is 2. The van der Waals surface area contributed by atoms with E-state index in [1.807, 2.05) is 36.9 Å². The minimum absolute atomic E-state index is 0.0901. The van der Waals surface area contributed by atoms with E-state index in [-0.39, 0.29) is 18.5 Å². The minimum Gasteiger partial charge on any atom is -0.325 e. The van der Waals surface area contributed by atoms with Gasteiger partial charge in [-0.3, -0.25) is 9.48 Å². The minimum atomic E-state index is -0.0901. The lowest BCUT2D eigenvalue weighted by Crippen LogP contribution is -2.37. The van der Waals surface area contributed by atoms with Crippen LogP contribution in [0.2, 0.25) is 5.02 Å². The second kappa shape index (κ2) is 7.24. The number of hydrogen-bond donors (Lipinski definition) is 2. The maximum atomic E-state index is 11.9. The molecule has 0 saturated heterocycles. The highest BCUT2D eigenvalue weighted by atomic mass is 35.5. The second-order valence-electron chi connectivity index (χ2n) is 5.02. The summed E-state index contributed by atoms with van der Waals surface area (Å²) >= 11 is 5.93. The fraction of sp³-hybridized carbons (Fsp3) is 0.333. The van der Waals surface area contributed by atoms with Crippen molar-refractivity contribution < 1.29 is 4.79 Å². The van der Waals surface area contributed by atoms with Crippen LogP contribution in [-0.4, -0.2) is 28.3 Å². The number of anilines is 1. The van der Waals surface area contributed by atoms with E-state index < -0.39 is 0 Å². The van der Waals surface area contributed by atoms with Crippen LogP contribution in [0.4, 0.5) is 5.69 Å². The maximum absolute atomic E-state index is 11.9. The molecule has 0 aliphatic rings. The second-order valence-corrected chi connectivity index (χ2v) is 5.45. The molecule has 1 aromatic heterocycles. The van der Waals surface area contributed by atoms with E-state index in [0.717, 1.165) is 17.8 Å². The zero-order chi connectivity index (χ0) is 15.2. The fourth-order valence-corrected chi connectivity index (χ4v) is 2.12. The van der Waals surface area contributed by atoms with Crippen LogP contribution in [0.15, 0.2) is 36.7 Å². The zero-order valence-electron chi connectivity index (χ0n) is 12.1. The summed E-state index contributed by atoms with van der Waals surface area (Å²) in [4.78, 5) is 11.9. The van der Waals surface area contributed by atoms with Gasteiger partial charge in [-0.1, -0.05) is 17.7 Å². The number of rotatable bonds is 6. The molecular formula is C15H19ClN4O. The van der Waals surface area contributed by atoms with Crippen LogP contribution in [0.1, 0.15) is 12.5 Å². The molecule has 0 aliphatic carbocycles. The molecule has 1 heterocycles. The van der Waals surface area contributed by atoms with E-state index in [4.69, 9.17) is 11.6 Å². The van der Waals surface area contributed by atoms with E-state index in [1.54, 1.807) is 18.3 Å². The molecule has 5 nitrogen and oxygen atoms in total. The van der Waals surface area contributed by atoms with Crippen LogP contribution >= 0.6 is 11.6 Å². The van der Waals surface area contributed by atoms with Gasteiger partial charge in [-0.25, -0.2) is 0 Å². The number of carbonyl (C=O) groups is 1. The number of halogens is 1. The molecule has 1 aromatic carbocycles. The van der Waals surface area contributed by atoms with Crippen LogP contribution in [0, 0.1) is 6.92 Å². The van der Waals surface area contributed by atoms with Crippen LogP contribution in [0.25, 0.3) is 0 Å². The molecule has 112 valence electrons. The molecule has 6 heteroatoms. The van der Waals surface area contributed by atoms with Gasteiger partial charge in [0.2, 0.25) is 5.91 Å². The van der Waals surface area contributed by atoms with Gasteiger partial charge in [-0.2, -0.15) is 5.10 Å². The Kier molecular flexibility index (Phi) is 5.36. The Labute approximate surface area is 129 Å². The monoisotopic (exact) mass is 306 g/mol. The Morgan fingerprint density at radius 3 is 3.00 bits per heavy atom. The van der Waals surface area contributed by atoms with E-state index in [2.05, 4.69) is 15.7 Å². The third kappa shape index (κ3) is 4.88. The molecule has 1 unspecified atom stereocenters. The van der Waals surface area contributed by atoms with Crippen molar-refractivity contribution in [1.82, 2.24) is 15.1 Å². The predicted molar refractivity (Wildman–Crippen MR) is 84.5 cm³/mol. The first-order valence-corrected chi connectivity index (χ1v) is 7.19. The quantitative estimate of drug-likeness (QED) is 0.862. The first-order chi connectivity index (χ1) is 10.0. The van der Waals surface area contributed by atoms with Crippen molar-refractivity contribution in [2.45, 2.75) is 26.4 Å². The number of aryl methyl sites for hydroxylation is 1. The van der Waals surface area contributed by atoms with Crippen LogP contribution in [0.3, 0.4) is 0 Å². The molecule has 0 saturated carbocycles. The highest BCUT2D eigenvalue weighted by Crippen LogP contribution is 2.19. The average molecular weight is 307 g/mol. The number of carbonyl (C=O) groups excluding carboxylic acids is 1. The fourth-order valence-electron chi connectivity index (χ4n) is 1.94. The average Bonchev–Trinajstić information content (AvgIpc) is 2.93. The van der Waals surface area contributed by atoms with E-state index >= 15 is 0 Å². The van der Waals surface area contributed by atoms with Gasteiger partial charge >= 0.3 is 0 Å². The molecule has 2 rings (SSSR count). The van der Waals surface area contributed by atoms with Gasteiger partial charge in [0.1, 0.15) is 0 Å². The Morgan fingerprint density at radius 1 is 1.48 bits per heavy atom. The van der Waals surface area contributed by atoms with E-state index in [1.165, 1.54) is 0 Å². The summed E-state index contributed by atoms with van der Waals surface area (Å²) in [7, 11) is 0. The lowest BCUT2D eigenvalue weighted by atomic mass is 10.2. The Bertz CT molecular complexity index is 598. The normalized spacial score (nSPS) is 12.1. The van der Waals surface area contributed by atoms with Gasteiger partial charge in [0, 0.05) is 29.1 Å². The number of amides is 1. The molecule has 2 aromatic rings. The molecule has 1 atom stereocenters. The standard InChI is InChI=1S/C15H19ClN4O/c1-11-4-5-13(16)8-14(11)19-15(21)9-17-12(2)10-20-7-3-6-18-20/h3-8,12,17H,9-10H2,1-2H3,(H,19,21). The number of hydrogen-bond acceptors (Lipinski definition) is 3. The Balaban J connectivity index is 1.80. The van der Waals surface area contributed by atoms with Crippen molar-refractivity contribution in [3.63, 3.8) is 0 Å². The van der Waals surface area contributed by atoms with Gasteiger partial charge in [0.25, 0.3) is 0 Å². The van der Waals surface area contributed by atoms with Crippen molar-refractivity contribution >= 4 is 23.2 Å². The maximum Gasteiger partial charge on any atom is 0.238 e. The highest BCUT2D eigenvalue weighted by Gasteiger charge is 2.08. The van der Waals surface area contributed by atoms with Gasteiger partial charge in [0.15, 0.2) is 0 Å². The summed E-state index contributed by atoms with van der Waals surface area (Å²) in [5.41, 5.74) is 1.73. The van der Waals surface area contributed by atoms with Gasteiger partial charge in [-0.15, -0.1) is 0 Å². The molecule has 2 N–H and O–H groups in total. The van der Waals surface area contributed by atoms with Gasteiger partial charge < -0.3 is 10.6 Å². The third-order valence-corrected chi connectivity index (χ3v) is 3.34. The number of benzene rings is 1. The summed E-state index contributed by atoms with van der Waals surface area (Å²) in [6.07, 6.45) is 3.63. The number of nitrogens with zero attached hydrogens (tertiary/aromatic N) is 2. The Morgan fingerprint density at radius 2 is 2.29 bits per heavy atom. The van der Waals surface area contributed by atoms with Crippen molar-refractivity contribution in [1.29, 1.82) is 0 Å². The van der Waals surface area contributed by atoms with Crippen LogP contribution in [0.5, 0.6) is 0 Å². The summed E-state index contributed by atoms with van der Waals surface area (Å²) in [6, 6.07) is 7.46. The Hall–Kier alpha value is -1.85. The lowest BCUT2D eigenvalue weighted by molar-refractivity contribution is -0.115. The van der Waals surface area contributed by atoms with E-state index in [9.17, 15) is 4.79 Å². The highest BCUT2D eigenvalue weighted by molar-refractivity contribution is 6.31. The molecule has 1 amide bonds. The summed E-state index contributed by atoms with van der Waals surface area (Å²) < 4.78 is 1.83. The third-order valence-electron chi connectivity index (χ3n) is 3.10. The van der Waals surface area contributed by atoms with Gasteiger partial charge in [-0.05, 0) is 37.6 Å². The van der Waals surface area contributed by atoms with Crippen molar-refractivity contribution in [2.24, 2.45) is 0 Å². The summed E-state index contributed by atoms with van der Waals surface area (Å²) in [6.45, 7) is 4.91. The van der Waals surface area contributed by atoms with Gasteiger partial charge in [0.05, 0.1) is 13.1 Å². The molecule has 0 radical (unpaired) electrons. The SMILES string of the molecule is Cc1ccc(Cl)cc1NC(=O)CNC(C)Cn1cccn1. The van der Waals surface area contributed by atoms with E-state index in [0.29, 0.717) is 5.02 Å². The molecule has 0 fully saturated rings. The molecule has 0 bridgehead atoms. The lowest BCUT2D eigenvalue weighted by Gasteiger charge is -2.14. The van der Waals surface area contributed by atoms with Crippen molar-refractivity contribution in [2.75, 3.05) is 11.9 Å². The predicted octanol–water partition coefficient (Wildman–Crippen LogP) is 2.46. The molecule has 0 spiro atoms. The number of aromatic nitrogens is 2. The molecule has 0 aliphatic heterocycles. The van der Waals surface area contributed by atoms with Crippen molar-refractivity contribution in [3.05, 3.63) is 47.2 Å². The molecular weight excluding hydrogens is 288 g/mol. The smallest absolute Gasteiger partial charge is 0.238 e. The molecule has 21 heavy (non-hydrogen) atoms.